The van der Waals surface area contributed by atoms with Gasteiger partial charge in [-0.25, -0.2) is 0 Å². The lowest BCUT2D eigenvalue weighted by Crippen LogP contribution is -2.31. The van der Waals surface area contributed by atoms with Crippen LogP contribution in [-0.4, -0.2) is 35.0 Å². The Balaban J connectivity index is 0.00000220. The third kappa shape index (κ3) is 4.44. The summed E-state index contributed by atoms with van der Waals surface area (Å²) in [5, 5.41) is 18.0. The molecule has 21 heavy (non-hydrogen) atoms. The number of benzene rings is 2. The zero-order chi connectivity index (χ0) is 14.5. The smallest absolute Gasteiger partial charge is 0.423 e. The van der Waals surface area contributed by atoms with Gasteiger partial charge in [0.15, 0.2) is 0 Å². The molecule has 0 bridgehead atoms. The molecule has 0 aromatic heterocycles. The molecule has 0 saturated heterocycles. The normalized spacial score (nSPS) is 9.67. The van der Waals surface area contributed by atoms with Crippen LogP contribution in [0.25, 0.3) is 0 Å². The lowest BCUT2D eigenvalue weighted by molar-refractivity contribution is 0.0785. The number of rotatable bonds is 4. The second kappa shape index (κ2) is 7.62. The molecule has 0 aliphatic rings. The second-order valence-electron chi connectivity index (χ2n) is 4.64. The van der Waals surface area contributed by atoms with Gasteiger partial charge in [-0.2, -0.15) is 0 Å². The highest BCUT2D eigenvalue weighted by Gasteiger charge is 2.14. The van der Waals surface area contributed by atoms with Crippen LogP contribution >= 0.6 is 0 Å². The maximum atomic E-state index is 12.2. The predicted octanol–water partition coefficient (Wildman–Crippen LogP) is 1.27. The minimum Gasteiger partial charge on any atom is -0.423 e. The van der Waals surface area contributed by atoms with Gasteiger partial charge < -0.3 is 14.9 Å². The molecule has 2 N–H and O–H groups in total. The van der Waals surface area contributed by atoms with E-state index in [0.717, 1.165) is 5.56 Å². The number of carbonyl (C=O) groups excluding carboxylic acids is 1. The van der Waals surface area contributed by atoms with E-state index in [4.69, 9.17) is 10.0 Å². The molecule has 0 atom stereocenters. The molecule has 0 spiro atoms. The van der Waals surface area contributed by atoms with Gasteiger partial charge in [0, 0.05) is 19.2 Å². The average molecular weight is 285 g/mol. The van der Waals surface area contributed by atoms with Crippen molar-refractivity contribution in [3.05, 3.63) is 65.7 Å². The van der Waals surface area contributed by atoms with E-state index in [1.165, 1.54) is 12.1 Å². The van der Waals surface area contributed by atoms with Gasteiger partial charge in [-0.15, -0.1) is 0 Å². The first kappa shape index (κ1) is 16.9. The first-order chi connectivity index (χ1) is 9.58. The summed E-state index contributed by atoms with van der Waals surface area (Å²) in [6.45, 7) is 0.532. The largest absolute Gasteiger partial charge is 0.488 e. The fraction of sp³-hybridized carbons (Fsp3) is 0.188. The molecule has 2 rings (SSSR count). The number of hydrogen-bond acceptors (Lipinski definition) is 3. The van der Waals surface area contributed by atoms with Gasteiger partial charge in [-0.3, -0.25) is 4.79 Å². The van der Waals surface area contributed by atoms with Gasteiger partial charge in [0.1, 0.15) is 0 Å². The molecule has 0 saturated carbocycles. The average Bonchev–Trinajstić information content (AvgIpc) is 2.47. The molecule has 2 aromatic rings. The van der Waals surface area contributed by atoms with Crippen molar-refractivity contribution < 1.29 is 14.8 Å². The molecular formula is C16H20BNO3. The number of amides is 1. The van der Waals surface area contributed by atoms with E-state index in [1.54, 1.807) is 24.1 Å². The van der Waals surface area contributed by atoms with E-state index in [9.17, 15) is 4.79 Å². The van der Waals surface area contributed by atoms with Crippen LogP contribution in [0.15, 0.2) is 54.6 Å². The van der Waals surface area contributed by atoms with Crippen molar-refractivity contribution in [2.24, 2.45) is 0 Å². The summed E-state index contributed by atoms with van der Waals surface area (Å²) in [5.41, 5.74) is 1.95. The summed E-state index contributed by atoms with van der Waals surface area (Å²) >= 11 is 0. The molecule has 4 nitrogen and oxygen atoms in total. The van der Waals surface area contributed by atoms with Gasteiger partial charge in [-0.05, 0) is 23.2 Å². The summed E-state index contributed by atoms with van der Waals surface area (Å²) in [6, 6.07) is 16.0. The van der Waals surface area contributed by atoms with Crippen LogP contribution in [0, 0.1) is 0 Å². The van der Waals surface area contributed by atoms with Crippen molar-refractivity contribution in [3.8, 4) is 0 Å². The van der Waals surface area contributed by atoms with Crippen molar-refractivity contribution >= 4 is 18.5 Å². The maximum absolute atomic E-state index is 12.2. The summed E-state index contributed by atoms with van der Waals surface area (Å²) in [4.78, 5) is 13.9. The lowest BCUT2D eigenvalue weighted by Gasteiger charge is -2.17. The molecule has 110 valence electrons. The van der Waals surface area contributed by atoms with Crippen LogP contribution < -0.4 is 5.46 Å². The van der Waals surface area contributed by atoms with E-state index >= 15 is 0 Å². The SMILES string of the molecule is C.CN(Cc1ccccc1)C(=O)c1ccc(B(O)O)cc1. The van der Waals surface area contributed by atoms with Gasteiger partial charge in [0.05, 0.1) is 0 Å². The van der Waals surface area contributed by atoms with Crippen LogP contribution in [0.2, 0.25) is 0 Å². The van der Waals surface area contributed by atoms with E-state index in [-0.39, 0.29) is 13.3 Å². The van der Waals surface area contributed by atoms with Gasteiger partial charge >= 0.3 is 7.12 Å². The van der Waals surface area contributed by atoms with Crippen LogP contribution in [0.1, 0.15) is 23.3 Å². The number of nitrogens with zero attached hydrogens (tertiary/aromatic N) is 1. The Kier molecular flexibility index (Phi) is 6.15. The maximum Gasteiger partial charge on any atom is 0.488 e. The zero-order valence-corrected chi connectivity index (χ0v) is 11.2. The first-order valence-electron chi connectivity index (χ1n) is 6.33. The Hall–Kier alpha value is -2.11. The molecule has 5 heteroatoms. The molecular weight excluding hydrogens is 265 g/mol. The fourth-order valence-corrected chi connectivity index (χ4v) is 1.95. The van der Waals surface area contributed by atoms with Crippen molar-refractivity contribution in [2.75, 3.05) is 7.05 Å². The van der Waals surface area contributed by atoms with E-state index in [2.05, 4.69) is 0 Å². The third-order valence-electron chi connectivity index (χ3n) is 3.07. The van der Waals surface area contributed by atoms with Crippen molar-refractivity contribution in [2.45, 2.75) is 14.0 Å². The monoisotopic (exact) mass is 285 g/mol. The standard InChI is InChI=1S/C15H16BNO3.CH4/c1-17(11-12-5-3-2-4-6-12)15(18)13-7-9-14(10-8-13)16(19)20;/h2-10,19-20H,11H2,1H3;1H4. The molecule has 2 aromatic carbocycles. The van der Waals surface area contributed by atoms with Crippen LogP contribution in [0.3, 0.4) is 0 Å². The van der Waals surface area contributed by atoms with Crippen molar-refractivity contribution in [1.29, 1.82) is 0 Å². The Labute approximate surface area is 125 Å². The first-order valence-corrected chi connectivity index (χ1v) is 6.33. The number of carbonyl (C=O) groups is 1. The molecule has 0 radical (unpaired) electrons. The molecule has 0 aliphatic carbocycles. The van der Waals surface area contributed by atoms with E-state index in [0.29, 0.717) is 17.6 Å². The van der Waals surface area contributed by atoms with Crippen molar-refractivity contribution in [1.82, 2.24) is 4.90 Å². The third-order valence-corrected chi connectivity index (χ3v) is 3.07. The highest BCUT2D eigenvalue weighted by atomic mass is 16.4. The topological polar surface area (TPSA) is 60.8 Å². The highest BCUT2D eigenvalue weighted by Crippen LogP contribution is 2.07. The zero-order valence-electron chi connectivity index (χ0n) is 11.2. The molecule has 1 amide bonds. The van der Waals surface area contributed by atoms with Crippen LogP contribution in [-0.2, 0) is 6.54 Å². The summed E-state index contributed by atoms with van der Waals surface area (Å²) < 4.78 is 0. The predicted molar refractivity (Wildman–Crippen MR) is 85.2 cm³/mol. The molecule has 0 unspecified atom stereocenters. The summed E-state index contributed by atoms with van der Waals surface area (Å²) in [5.74, 6) is -0.104. The molecule has 0 fully saturated rings. The fourth-order valence-electron chi connectivity index (χ4n) is 1.95. The van der Waals surface area contributed by atoms with Gasteiger partial charge in [0.25, 0.3) is 5.91 Å². The minimum absolute atomic E-state index is 0. The minimum atomic E-state index is -1.51. The number of hydrogen-bond donors (Lipinski definition) is 2. The van der Waals surface area contributed by atoms with Crippen molar-refractivity contribution in [3.63, 3.8) is 0 Å². The lowest BCUT2D eigenvalue weighted by atomic mass is 9.80. The Morgan fingerprint density at radius 2 is 1.62 bits per heavy atom. The quantitative estimate of drug-likeness (QED) is 0.832. The van der Waals surface area contributed by atoms with E-state index < -0.39 is 7.12 Å². The Morgan fingerprint density at radius 1 is 1.05 bits per heavy atom. The highest BCUT2D eigenvalue weighted by molar-refractivity contribution is 6.58. The Bertz CT molecular complexity index is 570. The molecule has 0 aliphatic heterocycles. The summed E-state index contributed by atoms with van der Waals surface area (Å²) in [6.07, 6.45) is 0. The van der Waals surface area contributed by atoms with Gasteiger partial charge in [0.2, 0.25) is 0 Å². The van der Waals surface area contributed by atoms with Crippen LogP contribution in [0.5, 0.6) is 0 Å². The summed E-state index contributed by atoms with van der Waals surface area (Å²) in [7, 11) is 0.227. The van der Waals surface area contributed by atoms with Crippen LogP contribution in [0.4, 0.5) is 0 Å². The van der Waals surface area contributed by atoms with E-state index in [1.807, 2.05) is 30.3 Å². The second-order valence-corrected chi connectivity index (χ2v) is 4.64. The Morgan fingerprint density at radius 3 is 2.14 bits per heavy atom. The van der Waals surface area contributed by atoms with Gasteiger partial charge in [-0.1, -0.05) is 49.9 Å². The molecule has 0 heterocycles.